The molecule has 0 saturated heterocycles. The Morgan fingerprint density at radius 3 is 2.90 bits per heavy atom. The minimum atomic E-state index is -1.11. The highest BCUT2D eigenvalue weighted by Crippen LogP contribution is 2.37. The van der Waals surface area contributed by atoms with Crippen molar-refractivity contribution < 1.29 is 4.21 Å². The first-order valence-corrected chi connectivity index (χ1v) is 8.89. The molecule has 2 aromatic rings. The molecule has 2 N–H and O–H groups in total. The lowest BCUT2D eigenvalue weighted by atomic mass is 10.1. The van der Waals surface area contributed by atoms with Crippen LogP contribution < -0.4 is 5.73 Å². The zero-order valence-electron chi connectivity index (χ0n) is 10.7. The molecule has 2 atom stereocenters. The second-order valence-corrected chi connectivity index (χ2v) is 7.99. The molecule has 0 amide bonds. The number of nitrogen functional groups attached to an aromatic ring is 1. The maximum Gasteiger partial charge on any atom is 0.0632 e. The summed E-state index contributed by atoms with van der Waals surface area (Å²) in [5.74, 6) is 0.601. The summed E-state index contributed by atoms with van der Waals surface area (Å²) in [6.45, 7) is 0. The van der Waals surface area contributed by atoms with Gasteiger partial charge in [-0.15, -0.1) is 11.8 Å². The van der Waals surface area contributed by atoms with Crippen molar-refractivity contribution in [2.24, 2.45) is 0 Å². The van der Waals surface area contributed by atoms with Crippen LogP contribution in [0.3, 0.4) is 0 Å². The summed E-state index contributed by atoms with van der Waals surface area (Å²) in [4.78, 5) is 1.95. The van der Waals surface area contributed by atoms with Crippen molar-refractivity contribution in [3.05, 3.63) is 53.1 Å². The van der Waals surface area contributed by atoms with E-state index < -0.39 is 10.8 Å². The monoisotopic (exact) mass is 323 g/mol. The number of thioether (sulfide) groups is 1. The lowest BCUT2D eigenvalue weighted by Crippen LogP contribution is -2.14. The van der Waals surface area contributed by atoms with Crippen LogP contribution in [-0.4, -0.2) is 15.2 Å². The topological polar surface area (TPSA) is 43.1 Å². The minimum absolute atomic E-state index is 0.339. The third kappa shape index (κ3) is 2.87. The molecule has 0 saturated carbocycles. The molecule has 20 heavy (non-hydrogen) atoms. The molecule has 3 rings (SSSR count). The molecule has 0 aromatic heterocycles. The Morgan fingerprint density at radius 1 is 1.30 bits per heavy atom. The second-order valence-electron chi connectivity index (χ2n) is 4.75. The smallest absolute Gasteiger partial charge is 0.0632 e. The van der Waals surface area contributed by atoms with E-state index in [9.17, 15) is 4.21 Å². The minimum Gasteiger partial charge on any atom is -0.398 e. The lowest BCUT2D eigenvalue weighted by molar-refractivity contribution is 0.681. The van der Waals surface area contributed by atoms with Gasteiger partial charge in [-0.1, -0.05) is 29.8 Å². The SMILES string of the molecule is Nc1ccc(Cl)cc1S(=O)CC1Cc2ccccc2S1. The molecule has 1 aliphatic heterocycles. The summed E-state index contributed by atoms with van der Waals surface area (Å²) in [6, 6.07) is 13.5. The van der Waals surface area contributed by atoms with E-state index in [4.69, 9.17) is 17.3 Å². The summed E-state index contributed by atoms with van der Waals surface area (Å²) in [5, 5.41) is 0.913. The van der Waals surface area contributed by atoms with Crippen molar-refractivity contribution in [2.75, 3.05) is 11.5 Å². The molecular formula is C15H14ClNOS2. The number of hydrogen-bond acceptors (Lipinski definition) is 3. The highest BCUT2D eigenvalue weighted by Gasteiger charge is 2.24. The number of benzene rings is 2. The summed E-state index contributed by atoms with van der Waals surface area (Å²) in [6.07, 6.45) is 0.965. The van der Waals surface area contributed by atoms with Crippen LogP contribution in [0.2, 0.25) is 5.02 Å². The largest absolute Gasteiger partial charge is 0.398 e. The van der Waals surface area contributed by atoms with Crippen LogP contribution >= 0.6 is 23.4 Å². The Labute approximate surface area is 130 Å². The van der Waals surface area contributed by atoms with Gasteiger partial charge in [0.25, 0.3) is 0 Å². The van der Waals surface area contributed by atoms with Gasteiger partial charge in [-0.25, -0.2) is 0 Å². The predicted molar refractivity (Wildman–Crippen MR) is 86.9 cm³/mol. The van der Waals surface area contributed by atoms with Crippen molar-refractivity contribution in [3.63, 3.8) is 0 Å². The van der Waals surface area contributed by atoms with Gasteiger partial charge in [0, 0.05) is 26.6 Å². The van der Waals surface area contributed by atoms with Gasteiger partial charge in [-0.05, 0) is 36.2 Å². The molecule has 0 spiro atoms. The van der Waals surface area contributed by atoms with Gasteiger partial charge in [0.15, 0.2) is 0 Å². The summed E-state index contributed by atoms with van der Waals surface area (Å²) in [7, 11) is -1.11. The average molecular weight is 324 g/mol. The molecule has 104 valence electrons. The molecule has 1 heterocycles. The van der Waals surface area contributed by atoms with Crippen molar-refractivity contribution in [3.8, 4) is 0 Å². The molecule has 2 nitrogen and oxygen atoms in total. The van der Waals surface area contributed by atoms with E-state index in [1.165, 1.54) is 10.5 Å². The first-order valence-electron chi connectivity index (χ1n) is 6.31. The Morgan fingerprint density at radius 2 is 2.10 bits per heavy atom. The van der Waals surface area contributed by atoms with E-state index in [1.807, 2.05) is 12.1 Å². The lowest BCUT2D eigenvalue weighted by Gasteiger charge is -2.10. The number of rotatable bonds is 3. The zero-order chi connectivity index (χ0) is 14.1. The fraction of sp³-hybridized carbons (Fsp3) is 0.200. The molecule has 1 aliphatic rings. The highest BCUT2D eigenvalue weighted by molar-refractivity contribution is 8.01. The molecule has 0 aliphatic carbocycles. The first-order chi connectivity index (χ1) is 9.63. The fourth-order valence-electron chi connectivity index (χ4n) is 2.31. The average Bonchev–Trinajstić information content (AvgIpc) is 2.83. The van der Waals surface area contributed by atoms with E-state index in [0.717, 1.165) is 6.42 Å². The Hall–Kier alpha value is -0.970. The van der Waals surface area contributed by atoms with Crippen molar-refractivity contribution in [1.29, 1.82) is 0 Å². The van der Waals surface area contributed by atoms with Gasteiger partial charge in [0.05, 0.1) is 15.7 Å². The maximum absolute atomic E-state index is 12.5. The van der Waals surface area contributed by atoms with Crippen molar-refractivity contribution in [1.82, 2.24) is 0 Å². The maximum atomic E-state index is 12.5. The number of fused-ring (bicyclic) bond motifs is 1. The van der Waals surface area contributed by atoms with Gasteiger partial charge in [0.1, 0.15) is 0 Å². The quantitative estimate of drug-likeness (QED) is 0.875. The van der Waals surface area contributed by atoms with Gasteiger partial charge in [-0.2, -0.15) is 0 Å². The molecule has 5 heteroatoms. The van der Waals surface area contributed by atoms with Crippen LogP contribution in [0.5, 0.6) is 0 Å². The standard InChI is InChI=1S/C15H14ClNOS2/c16-11-5-6-13(17)15(8-11)20(18)9-12-7-10-3-1-2-4-14(10)19-12/h1-6,8,12H,7,9,17H2. The summed E-state index contributed by atoms with van der Waals surface area (Å²) in [5.41, 5.74) is 7.79. The summed E-state index contributed by atoms with van der Waals surface area (Å²) >= 11 is 7.76. The normalized spacial score (nSPS) is 18.8. The molecule has 0 radical (unpaired) electrons. The Bertz CT molecular complexity index is 650. The zero-order valence-corrected chi connectivity index (χ0v) is 13.1. The first kappa shape index (κ1) is 14.0. The second kappa shape index (κ2) is 5.80. The van der Waals surface area contributed by atoms with Crippen LogP contribution in [0.25, 0.3) is 0 Å². The van der Waals surface area contributed by atoms with Crippen molar-refractivity contribution in [2.45, 2.75) is 21.5 Å². The van der Waals surface area contributed by atoms with Gasteiger partial charge < -0.3 is 5.73 Å². The van der Waals surface area contributed by atoms with E-state index >= 15 is 0 Å². The van der Waals surface area contributed by atoms with E-state index in [0.29, 0.717) is 26.6 Å². The fourth-order valence-corrected chi connectivity index (χ4v) is 5.50. The number of anilines is 1. The number of hydrogen-bond donors (Lipinski definition) is 1. The molecule has 0 fully saturated rings. The Kier molecular flexibility index (Phi) is 4.06. The van der Waals surface area contributed by atoms with Gasteiger partial charge >= 0.3 is 0 Å². The Balaban J connectivity index is 1.74. The highest BCUT2D eigenvalue weighted by atomic mass is 35.5. The third-order valence-corrected chi connectivity index (χ3v) is 6.59. The van der Waals surface area contributed by atoms with Crippen LogP contribution in [-0.2, 0) is 17.2 Å². The van der Waals surface area contributed by atoms with E-state index in [1.54, 1.807) is 30.0 Å². The molecular weight excluding hydrogens is 310 g/mol. The van der Waals surface area contributed by atoms with Gasteiger partial charge in [-0.3, -0.25) is 4.21 Å². The van der Waals surface area contributed by atoms with E-state index in [-0.39, 0.29) is 0 Å². The van der Waals surface area contributed by atoms with Crippen LogP contribution in [0.15, 0.2) is 52.3 Å². The third-order valence-electron chi connectivity index (χ3n) is 3.27. The number of nitrogens with two attached hydrogens (primary N) is 1. The van der Waals surface area contributed by atoms with Crippen molar-refractivity contribution >= 4 is 39.8 Å². The van der Waals surface area contributed by atoms with Gasteiger partial charge in [0.2, 0.25) is 0 Å². The van der Waals surface area contributed by atoms with Crippen LogP contribution in [0.1, 0.15) is 5.56 Å². The van der Waals surface area contributed by atoms with Crippen LogP contribution in [0, 0.1) is 0 Å². The predicted octanol–water partition coefficient (Wildman–Crippen LogP) is 3.75. The molecule has 2 aromatic carbocycles. The van der Waals surface area contributed by atoms with Crippen LogP contribution in [0.4, 0.5) is 5.69 Å². The summed E-state index contributed by atoms with van der Waals surface area (Å²) < 4.78 is 12.5. The number of halogens is 1. The molecule has 0 bridgehead atoms. The molecule has 2 unspecified atom stereocenters. The van der Waals surface area contributed by atoms with E-state index in [2.05, 4.69) is 12.1 Å².